The maximum atomic E-state index is 6.13. The van der Waals surface area contributed by atoms with Gasteiger partial charge >= 0.3 is 0 Å². The van der Waals surface area contributed by atoms with Crippen molar-refractivity contribution in [2.24, 2.45) is 0 Å². The molecule has 0 heterocycles. The Hall–Kier alpha value is -2.26. The Kier molecular flexibility index (Phi) is 5.10. The third-order valence-electron chi connectivity index (χ3n) is 5.31. The summed E-state index contributed by atoms with van der Waals surface area (Å²) < 4.78 is 12.0. The smallest absolute Gasteiger partial charge is 0.121 e. The Balaban J connectivity index is 2.16. The van der Waals surface area contributed by atoms with Gasteiger partial charge in [-0.3, -0.25) is 0 Å². The minimum atomic E-state index is -1.99. The number of methoxy groups -OCH3 is 1. The van der Waals surface area contributed by atoms with E-state index in [-0.39, 0.29) is 5.54 Å². The fraction of sp³-hybridized carbons (Fsp3) is 0.304. The van der Waals surface area contributed by atoms with Crippen LogP contribution in [0.3, 0.4) is 0 Å². The first-order valence-electron chi connectivity index (χ1n) is 9.10. The van der Waals surface area contributed by atoms with Crippen molar-refractivity contribution in [2.75, 3.05) is 13.7 Å². The van der Waals surface area contributed by atoms with Gasteiger partial charge in [-0.05, 0) is 41.8 Å². The predicted octanol–water partition coefficient (Wildman–Crippen LogP) is 5.11. The number of fused-ring (bicyclic) bond motifs is 1. The van der Waals surface area contributed by atoms with Crippen molar-refractivity contribution in [3.05, 3.63) is 77.1 Å². The van der Waals surface area contributed by atoms with Gasteiger partial charge in [0.15, 0.2) is 0 Å². The van der Waals surface area contributed by atoms with Crippen molar-refractivity contribution in [1.82, 2.24) is 0 Å². The third-order valence-corrected chi connectivity index (χ3v) is 9.10. The number of hydrogen-bond donors (Lipinski definition) is 0. The molecule has 3 rings (SSSR count). The summed E-state index contributed by atoms with van der Waals surface area (Å²) >= 11 is 0. The third kappa shape index (κ3) is 3.12. The van der Waals surface area contributed by atoms with Crippen LogP contribution in [-0.2, 0) is 4.74 Å². The molecule has 0 saturated carbocycles. The van der Waals surface area contributed by atoms with Crippen LogP contribution in [0.5, 0.6) is 5.75 Å². The molecule has 1 unspecified atom stereocenters. The van der Waals surface area contributed by atoms with E-state index in [1.165, 1.54) is 27.4 Å². The fourth-order valence-corrected chi connectivity index (χ4v) is 7.86. The summed E-state index contributed by atoms with van der Waals surface area (Å²) in [7, 11) is -0.208. The van der Waals surface area contributed by atoms with E-state index < -0.39 is 8.07 Å². The lowest BCUT2D eigenvalue weighted by molar-refractivity contribution is 0.285. The second kappa shape index (κ2) is 7.16. The summed E-state index contributed by atoms with van der Waals surface area (Å²) in [6.07, 6.45) is 4.00. The normalized spacial score (nSPS) is 16.0. The molecule has 1 aliphatic carbocycles. The van der Waals surface area contributed by atoms with Crippen LogP contribution in [-0.4, -0.2) is 21.8 Å². The summed E-state index contributed by atoms with van der Waals surface area (Å²) in [5.41, 5.74) is 5.40. The summed E-state index contributed by atoms with van der Waals surface area (Å²) in [6.45, 7) is 13.5. The van der Waals surface area contributed by atoms with Crippen molar-refractivity contribution in [2.45, 2.75) is 32.5 Å². The first-order valence-corrected chi connectivity index (χ1v) is 12.2. The van der Waals surface area contributed by atoms with Crippen LogP contribution in [0, 0.1) is 13.8 Å². The van der Waals surface area contributed by atoms with E-state index in [1.54, 1.807) is 7.11 Å². The molecule has 0 bridgehead atoms. The van der Waals surface area contributed by atoms with E-state index in [1.807, 2.05) is 6.08 Å². The number of hydrogen-bond acceptors (Lipinski definition) is 2. The second-order valence-electron chi connectivity index (χ2n) is 7.59. The van der Waals surface area contributed by atoms with Crippen LogP contribution in [0.2, 0.25) is 13.1 Å². The van der Waals surface area contributed by atoms with E-state index in [9.17, 15) is 0 Å². The van der Waals surface area contributed by atoms with E-state index in [2.05, 4.69) is 76.0 Å². The van der Waals surface area contributed by atoms with E-state index in [0.717, 1.165) is 11.5 Å². The summed E-state index contributed by atoms with van der Waals surface area (Å²) in [5.74, 6) is 2.09. The summed E-state index contributed by atoms with van der Waals surface area (Å²) in [4.78, 5) is 0. The molecule has 3 heteroatoms. The molecule has 2 aromatic carbocycles. The highest BCUT2D eigenvalue weighted by Gasteiger charge is 2.43. The van der Waals surface area contributed by atoms with E-state index in [4.69, 9.17) is 9.47 Å². The molecule has 2 nitrogen and oxygen atoms in total. The maximum Gasteiger partial charge on any atom is 0.121 e. The lowest BCUT2D eigenvalue weighted by Crippen LogP contribution is -2.49. The van der Waals surface area contributed by atoms with Gasteiger partial charge in [0.2, 0.25) is 0 Å². The van der Waals surface area contributed by atoms with Crippen LogP contribution < -0.4 is 9.92 Å². The molecule has 1 atom stereocenters. The predicted molar refractivity (Wildman–Crippen MR) is 113 cm³/mol. The minimum absolute atomic E-state index is 0.288. The molecule has 0 radical (unpaired) electrons. The number of ether oxygens (including phenoxy) is 2. The number of allylic oxidation sites excluding steroid dienone is 1. The average molecular weight is 365 g/mol. The van der Waals surface area contributed by atoms with E-state index in [0.29, 0.717) is 6.61 Å². The van der Waals surface area contributed by atoms with Gasteiger partial charge < -0.3 is 9.47 Å². The van der Waals surface area contributed by atoms with Crippen LogP contribution in [0.15, 0.2) is 54.8 Å². The topological polar surface area (TPSA) is 18.5 Å². The molecular formula is C23H28O2Si. The van der Waals surface area contributed by atoms with Gasteiger partial charge in [-0.15, -0.1) is 0 Å². The Morgan fingerprint density at radius 3 is 2.58 bits per heavy atom. The molecule has 0 spiro atoms. The number of aryl methyl sites for hydroxylation is 2. The van der Waals surface area contributed by atoms with Crippen LogP contribution in [0.25, 0.3) is 6.08 Å². The Labute approximate surface area is 158 Å². The zero-order valence-electron chi connectivity index (χ0n) is 16.4. The second-order valence-corrected chi connectivity index (χ2v) is 12.2. The molecule has 0 N–H and O–H groups in total. The average Bonchev–Trinajstić information content (AvgIpc) is 2.99. The standard InChI is InChI=1S/C23H28O2Si/c1-7-12-25-22-17(3)13-16(2)14-21(22)26(5,6)23-19-11-9-8-10-18(19)15-20(23)24-4/h7-11,13-15,23H,1,12H2,2-6H3. The lowest BCUT2D eigenvalue weighted by atomic mass is 10.1. The zero-order valence-corrected chi connectivity index (χ0v) is 17.4. The van der Waals surface area contributed by atoms with Crippen LogP contribution >= 0.6 is 0 Å². The lowest BCUT2D eigenvalue weighted by Gasteiger charge is -2.34. The van der Waals surface area contributed by atoms with Crippen LogP contribution in [0.4, 0.5) is 0 Å². The zero-order chi connectivity index (χ0) is 18.9. The molecular weight excluding hydrogens is 336 g/mol. The summed E-state index contributed by atoms with van der Waals surface area (Å²) in [5, 5.41) is 1.35. The quantitative estimate of drug-likeness (QED) is 0.524. The highest BCUT2D eigenvalue weighted by Crippen LogP contribution is 2.43. The van der Waals surface area contributed by atoms with Gasteiger partial charge in [-0.1, -0.05) is 67.7 Å². The Bertz CT molecular complexity index is 865. The van der Waals surface area contributed by atoms with Crippen molar-refractivity contribution in [3.63, 3.8) is 0 Å². The molecule has 0 fully saturated rings. The monoisotopic (exact) mass is 364 g/mol. The highest BCUT2D eigenvalue weighted by atomic mass is 28.3. The first-order chi connectivity index (χ1) is 12.4. The first kappa shape index (κ1) is 18.5. The van der Waals surface area contributed by atoms with Crippen molar-refractivity contribution >= 4 is 19.3 Å². The van der Waals surface area contributed by atoms with Gasteiger partial charge in [-0.2, -0.15) is 0 Å². The largest absolute Gasteiger partial charge is 0.501 e. The van der Waals surface area contributed by atoms with Gasteiger partial charge in [0.25, 0.3) is 0 Å². The van der Waals surface area contributed by atoms with Crippen molar-refractivity contribution in [1.29, 1.82) is 0 Å². The van der Waals surface area contributed by atoms with Crippen molar-refractivity contribution in [3.8, 4) is 5.75 Å². The number of rotatable bonds is 6. The van der Waals surface area contributed by atoms with Crippen molar-refractivity contribution < 1.29 is 9.47 Å². The van der Waals surface area contributed by atoms with Gasteiger partial charge in [0, 0.05) is 5.54 Å². The molecule has 0 aromatic heterocycles. The number of benzene rings is 2. The van der Waals surface area contributed by atoms with Gasteiger partial charge in [0.1, 0.15) is 26.2 Å². The minimum Gasteiger partial charge on any atom is -0.501 e. The van der Waals surface area contributed by atoms with E-state index >= 15 is 0 Å². The Morgan fingerprint density at radius 1 is 1.15 bits per heavy atom. The molecule has 26 heavy (non-hydrogen) atoms. The fourth-order valence-electron chi connectivity index (χ4n) is 4.14. The SMILES string of the molecule is C=CCOc1c(C)cc(C)cc1[Si](C)(C)C1C(OC)=Cc2ccccc21. The molecule has 2 aromatic rings. The molecule has 0 saturated heterocycles. The highest BCUT2D eigenvalue weighted by molar-refractivity contribution is 6.92. The Morgan fingerprint density at radius 2 is 1.88 bits per heavy atom. The molecule has 0 amide bonds. The van der Waals surface area contributed by atoms with Gasteiger partial charge in [0.05, 0.1) is 7.11 Å². The summed E-state index contributed by atoms with van der Waals surface area (Å²) in [6, 6.07) is 13.1. The molecule has 0 aliphatic heterocycles. The van der Waals surface area contributed by atoms with Gasteiger partial charge in [-0.25, -0.2) is 0 Å². The molecule has 136 valence electrons. The maximum absolute atomic E-state index is 6.13. The van der Waals surface area contributed by atoms with Crippen LogP contribution in [0.1, 0.15) is 27.8 Å². The molecule has 1 aliphatic rings.